The molecule has 1 unspecified atom stereocenters. The van der Waals surface area contributed by atoms with Crippen LogP contribution in [0.2, 0.25) is 0 Å². The number of methoxy groups -OCH3 is 2. The summed E-state index contributed by atoms with van der Waals surface area (Å²) in [6, 6.07) is 36.5. The van der Waals surface area contributed by atoms with Gasteiger partial charge in [-0.3, -0.25) is 14.2 Å². The van der Waals surface area contributed by atoms with Crippen molar-refractivity contribution < 1.29 is 51.8 Å². The van der Waals surface area contributed by atoms with Gasteiger partial charge in [0.05, 0.1) is 66.1 Å². The summed E-state index contributed by atoms with van der Waals surface area (Å²) in [5, 5.41) is 15.7. The van der Waals surface area contributed by atoms with Gasteiger partial charge in [0.15, 0.2) is 23.2 Å². The summed E-state index contributed by atoms with van der Waals surface area (Å²) in [5.41, 5.74) is 2.30. The predicted octanol–water partition coefficient (Wildman–Crippen LogP) is 14.4. The molecule has 0 saturated carbocycles. The normalized spacial score (nSPS) is 16.2. The van der Waals surface area contributed by atoms with Gasteiger partial charge >= 0.3 is 0 Å². The van der Waals surface area contributed by atoms with Gasteiger partial charge in [0.1, 0.15) is 48.5 Å². The molecule has 6 aromatic rings. The molecule has 2 amide bonds. The van der Waals surface area contributed by atoms with Crippen molar-refractivity contribution >= 4 is 37.3 Å². The highest BCUT2D eigenvalue weighted by molar-refractivity contribution is 7.44. The van der Waals surface area contributed by atoms with Crippen LogP contribution < -0.4 is 20.1 Å². The number of unbranched alkanes of at least 4 members (excludes halogenated alkanes) is 14. The minimum atomic E-state index is -1.91. The van der Waals surface area contributed by atoms with E-state index in [1.54, 1.807) is 49.4 Å². The maximum Gasteiger partial charge on any atom is 0.259 e. The smallest absolute Gasteiger partial charge is 0.259 e. The topological polar surface area (TPSA) is 212 Å². The van der Waals surface area contributed by atoms with Gasteiger partial charge in [-0.25, -0.2) is 19.6 Å². The second-order valence-electron chi connectivity index (χ2n) is 23.2. The van der Waals surface area contributed by atoms with Crippen LogP contribution in [0.3, 0.4) is 0 Å². The standard InChI is InChI=1S/C70H97N8O11P/c1-8-9-10-11-12-13-14-15-16-17-18-19-20-21-28-34-62(79)72-44-46-83-47-48-84-52-85-65-64(89-90(87-45-29-43-71)78(53(2)3)54(4)5)61(88-69(65)77-51-75-63-66(73-50-74-67(63)77)76-68(80)55-30-24-22-25-31-55)49-86-70(56-32-26-23-27-33-56,57-35-39-59(81-6)40-36-57)58-37-41-60(82-7)42-38-58/h22-27,30-33,35-42,50-51,53-54,61,64-65,69H,8-21,28-29,34,44-49,52H2,1-7H3,(H,72,79)(H,73,74,76,80)/t61-,64-,65-,69-,90?/m1/s1. The molecule has 5 atom stereocenters. The van der Waals surface area contributed by atoms with Gasteiger partial charge in [-0.15, -0.1) is 0 Å². The molecule has 0 aliphatic carbocycles. The Morgan fingerprint density at radius 1 is 0.689 bits per heavy atom. The summed E-state index contributed by atoms with van der Waals surface area (Å²) in [6.07, 6.45) is 19.0. The van der Waals surface area contributed by atoms with Crippen LogP contribution >= 0.6 is 8.53 Å². The van der Waals surface area contributed by atoms with Crippen LogP contribution in [-0.4, -0.2) is 127 Å². The average Bonchev–Trinajstić information content (AvgIpc) is 1.38. The first kappa shape index (κ1) is 71.0. The average molecular weight is 1260 g/mol. The monoisotopic (exact) mass is 1260 g/mol. The Morgan fingerprint density at radius 3 is 1.83 bits per heavy atom. The molecule has 7 rings (SSSR count). The number of ether oxygens (including phenoxy) is 7. The van der Waals surface area contributed by atoms with Gasteiger partial charge in [-0.05, 0) is 87.2 Å². The summed E-state index contributed by atoms with van der Waals surface area (Å²) in [6.45, 7) is 11.5. The van der Waals surface area contributed by atoms with E-state index in [1.165, 1.54) is 89.8 Å². The van der Waals surface area contributed by atoms with E-state index in [1.807, 2.05) is 84.9 Å². The Morgan fingerprint density at radius 2 is 1.26 bits per heavy atom. The van der Waals surface area contributed by atoms with E-state index in [9.17, 15) is 14.9 Å². The van der Waals surface area contributed by atoms with E-state index in [0.29, 0.717) is 47.8 Å². The van der Waals surface area contributed by atoms with Crippen molar-refractivity contribution in [2.75, 3.05) is 65.9 Å². The zero-order valence-electron chi connectivity index (χ0n) is 54.1. The largest absolute Gasteiger partial charge is 0.497 e. The molecule has 20 heteroatoms. The number of amides is 2. The van der Waals surface area contributed by atoms with Crippen LogP contribution in [0.15, 0.2) is 122 Å². The first-order valence-corrected chi connectivity index (χ1v) is 33.6. The minimum Gasteiger partial charge on any atom is -0.497 e. The van der Waals surface area contributed by atoms with Crippen molar-refractivity contribution in [1.29, 1.82) is 5.26 Å². The Hall–Kier alpha value is -6.43. The second kappa shape index (κ2) is 39.1. The number of fused-ring (bicyclic) bond motifs is 1. The number of carbonyl (C=O) groups excluding carboxylic acids is 2. The summed E-state index contributed by atoms with van der Waals surface area (Å²) in [7, 11) is 1.36. The molecule has 0 bridgehead atoms. The van der Waals surface area contributed by atoms with Crippen molar-refractivity contribution in [2.45, 2.75) is 186 Å². The third-order valence-electron chi connectivity index (χ3n) is 16.0. The van der Waals surface area contributed by atoms with Crippen LogP contribution in [0.25, 0.3) is 11.2 Å². The number of aromatic nitrogens is 4. The number of benzene rings is 4. The Balaban J connectivity index is 1.09. The molecule has 1 aliphatic heterocycles. The third-order valence-corrected chi connectivity index (χ3v) is 18.1. The molecule has 1 fully saturated rings. The summed E-state index contributed by atoms with van der Waals surface area (Å²) in [4.78, 5) is 40.2. The molecule has 2 N–H and O–H groups in total. The molecule has 1 aliphatic rings. The molecule has 4 aromatic carbocycles. The molecule has 1 saturated heterocycles. The Labute approximate surface area is 535 Å². The number of hydrogen-bond donors (Lipinski definition) is 2. The fraction of sp³-hybridized carbons (Fsp3) is 0.543. The zero-order chi connectivity index (χ0) is 63.8. The number of imidazole rings is 1. The fourth-order valence-electron chi connectivity index (χ4n) is 11.4. The van der Waals surface area contributed by atoms with E-state index in [-0.39, 0.29) is 69.4 Å². The van der Waals surface area contributed by atoms with Crippen molar-refractivity contribution in [3.8, 4) is 17.6 Å². The SMILES string of the molecule is CCCCCCCCCCCCCCCCCC(=O)NCCOCCOCO[C@@H]1[C@H](OP(OCCC#N)N(C(C)C)C(C)C)[C@@H](COC(c2ccccc2)(c2ccc(OC)cc2)c2ccc(OC)cc2)O[C@H]1n1cnc2c(NC(=O)c3ccccc3)ncnc21. The number of carbonyl (C=O) groups is 2. The number of nitrogens with one attached hydrogen (secondary N) is 2. The van der Waals surface area contributed by atoms with Crippen molar-refractivity contribution in [3.05, 3.63) is 144 Å². The van der Waals surface area contributed by atoms with Gasteiger partial charge < -0.3 is 52.8 Å². The van der Waals surface area contributed by atoms with Crippen molar-refractivity contribution in [2.24, 2.45) is 0 Å². The van der Waals surface area contributed by atoms with Gasteiger partial charge in [0.2, 0.25) is 5.91 Å². The number of rotatable bonds is 44. The number of anilines is 1. The second-order valence-corrected chi connectivity index (χ2v) is 24.6. The summed E-state index contributed by atoms with van der Waals surface area (Å²) >= 11 is 0. The van der Waals surface area contributed by atoms with Gasteiger partial charge in [-0.2, -0.15) is 5.26 Å². The lowest BCUT2D eigenvalue weighted by atomic mass is 9.80. The molecule has 488 valence electrons. The van der Waals surface area contributed by atoms with Crippen LogP contribution in [-0.2, 0) is 43.1 Å². The molecule has 19 nitrogen and oxygen atoms in total. The fourth-order valence-corrected chi connectivity index (χ4v) is 13.1. The Bertz CT molecular complexity index is 2970. The maximum atomic E-state index is 13.6. The molecule has 90 heavy (non-hydrogen) atoms. The van der Waals surface area contributed by atoms with Gasteiger partial charge in [0, 0.05) is 30.6 Å². The van der Waals surface area contributed by atoms with Crippen molar-refractivity contribution in [1.82, 2.24) is 29.5 Å². The van der Waals surface area contributed by atoms with Crippen LogP contribution in [0.4, 0.5) is 5.82 Å². The van der Waals surface area contributed by atoms with Crippen LogP contribution in [0.1, 0.15) is 177 Å². The maximum absolute atomic E-state index is 13.6. The van der Waals surface area contributed by atoms with E-state index in [2.05, 4.69) is 61.0 Å². The highest BCUT2D eigenvalue weighted by Crippen LogP contribution is 2.52. The lowest BCUT2D eigenvalue weighted by Crippen LogP contribution is -2.43. The highest BCUT2D eigenvalue weighted by Gasteiger charge is 2.52. The lowest BCUT2D eigenvalue weighted by molar-refractivity contribution is -0.142. The van der Waals surface area contributed by atoms with E-state index < -0.39 is 38.7 Å². The molecule has 2 aromatic heterocycles. The molecular weight excluding hydrogens is 1160 g/mol. The first-order chi connectivity index (χ1) is 44.0. The van der Waals surface area contributed by atoms with Crippen LogP contribution in [0.5, 0.6) is 11.5 Å². The Kier molecular flexibility index (Phi) is 30.8. The van der Waals surface area contributed by atoms with E-state index >= 15 is 0 Å². The number of nitriles is 1. The quantitative estimate of drug-likeness (QED) is 0.0158. The molecular formula is C70H97N8O11P. The zero-order valence-corrected chi connectivity index (χ0v) is 55.0. The molecule has 3 heterocycles. The van der Waals surface area contributed by atoms with Crippen LogP contribution in [0, 0.1) is 11.3 Å². The highest BCUT2D eigenvalue weighted by atomic mass is 31.2. The first-order valence-electron chi connectivity index (χ1n) is 32.5. The third kappa shape index (κ3) is 21.1. The number of hydrogen-bond acceptors (Lipinski definition) is 16. The van der Waals surface area contributed by atoms with E-state index in [4.69, 9.17) is 52.2 Å². The van der Waals surface area contributed by atoms with E-state index in [0.717, 1.165) is 29.5 Å². The molecule has 0 radical (unpaired) electrons. The lowest BCUT2D eigenvalue weighted by Gasteiger charge is -2.39. The minimum absolute atomic E-state index is 0.0355. The summed E-state index contributed by atoms with van der Waals surface area (Å²) in [5.74, 6) is 1.21. The number of nitrogens with zero attached hydrogens (tertiary/aromatic N) is 6. The molecule has 0 spiro atoms. The van der Waals surface area contributed by atoms with Gasteiger partial charge in [0.25, 0.3) is 14.4 Å². The predicted molar refractivity (Wildman–Crippen MR) is 351 cm³/mol. The van der Waals surface area contributed by atoms with Crippen molar-refractivity contribution in [3.63, 3.8) is 0 Å². The summed E-state index contributed by atoms with van der Waals surface area (Å²) < 4.78 is 62.9. The van der Waals surface area contributed by atoms with Gasteiger partial charge in [-0.1, -0.05) is 170 Å².